The van der Waals surface area contributed by atoms with Gasteiger partial charge in [-0.2, -0.15) is 0 Å². The number of aryl methyl sites for hydroxylation is 1. The molecule has 0 saturated heterocycles. The molecule has 4 nitrogen and oxygen atoms in total. The Labute approximate surface area is 120 Å². The molecule has 1 heterocycles. The number of nitrogens with zero attached hydrogens (tertiary/aromatic N) is 1. The number of benzene rings is 1. The molecule has 2 N–H and O–H groups in total. The van der Waals surface area contributed by atoms with E-state index in [-0.39, 0.29) is 5.91 Å². The predicted octanol–water partition coefficient (Wildman–Crippen LogP) is 2.65. The van der Waals surface area contributed by atoms with Crippen molar-refractivity contribution in [3.05, 3.63) is 28.8 Å². The van der Waals surface area contributed by atoms with Crippen LogP contribution in [0.5, 0.6) is 0 Å². The van der Waals surface area contributed by atoms with Crippen molar-refractivity contribution in [2.45, 2.75) is 45.1 Å². The SMILES string of the molecule is Cc1cc(C(=O)NN(C)C2CC2)c2c(c1)C(C)CCN2. The smallest absolute Gasteiger partial charge is 0.267 e. The van der Waals surface area contributed by atoms with Crippen LogP contribution in [-0.4, -0.2) is 30.6 Å². The van der Waals surface area contributed by atoms with E-state index in [1.165, 1.54) is 18.4 Å². The highest BCUT2D eigenvalue weighted by atomic mass is 16.2. The van der Waals surface area contributed by atoms with Crippen molar-refractivity contribution in [3.63, 3.8) is 0 Å². The minimum atomic E-state index is 0.000880. The molecule has 1 atom stereocenters. The fraction of sp³-hybridized carbons (Fsp3) is 0.562. The van der Waals surface area contributed by atoms with Crippen LogP contribution in [0.15, 0.2) is 12.1 Å². The van der Waals surface area contributed by atoms with Crippen LogP contribution in [-0.2, 0) is 0 Å². The molecule has 0 spiro atoms. The molecule has 0 radical (unpaired) electrons. The van der Waals surface area contributed by atoms with Gasteiger partial charge in [-0.1, -0.05) is 13.0 Å². The fourth-order valence-electron chi connectivity index (χ4n) is 2.92. The zero-order valence-corrected chi connectivity index (χ0v) is 12.5. The second-order valence-electron chi connectivity index (χ2n) is 6.18. The second-order valence-corrected chi connectivity index (χ2v) is 6.18. The third-order valence-electron chi connectivity index (χ3n) is 4.34. The first-order valence-electron chi connectivity index (χ1n) is 7.48. The number of carbonyl (C=O) groups is 1. The molecule has 0 aromatic heterocycles. The number of hydrazine groups is 1. The molecule has 1 aromatic rings. The number of anilines is 1. The Hall–Kier alpha value is -1.55. The van der Waals surface area contributed by atoms with E-state index in [0.29, 0.717) is 12.0 Å². The van der Waals surface area contributed by atoms with Crippen molar-refractivity contribution in [1.29, 1.82) is 0 Å². The molecule has 4 heteroatoms. The third kappa shape index (κ3) is 2.52. The van der Waals surface area contributed by atoms with Crippen molar-refractivity contribution in [2.75, 3.05) is 18.9 Å². The standard InChI is InChI=1S/C16H23N3O/c1-10-8-13-11(2)6-7-17-15(13)14(9-10)16(20)18-19(3)12-4-5-12/h8-9,11-12,17H,4-7H2,1-3H3,(H,18,20). The average Bonchev–Trinajstić information content (AvgIpc) is 3.23. The monoisotopic (exact) mass is 273 g/mol. The molecule has 20 heavy (non-hydrogen) atoms. The van der Waals surface area contributed by atoms with E-state index in [1.807, 2.05) is 18.1 Å². The van der Waals surface area contributed by atoms with Crippen molar-refractivity contribution in [2.24, 2.45) is 0 Å². The first kappa shape index (κ1) is 13.4. The zero-order chi connectivity index (χ0) is 14.3. The Morgan fingerprint density at radius 2 is 2.10 bits per heavy atom. The quantitative estimate of drug-likeness (QED) is 0.832. The van der Waals surface area contributed by atoms with Crippen LogP contribution in [0.3, 0.4) is 0 Å². The lowest BCUT2D eigenvalue weighted by Gasteiger charge is -2.27. The van der Waals surface area contributed by atoms with Gasteiger partial charge in [0.1, 0.15) is 0 Å². The normalized spacial score (nSPS) is 21.3. The fourth-order valence-corrected chi connectivity index (χ4v) is 2.92. The first-order chi connectivity index (χ1) is 9.56. The van der Waals surface area contributed by atoms with Gasteiger partial charge in [0.05, 0.1) is 11.3 Å². The van der Waals surface area contributed by atoms with E-state index in [1.54, 1.807) is 0 Å². The summed E-state index contributed by atoms with van der Waals surface area (Å²) < 4.78 is 0. The molecule has 1 aliphatic heterocycles. The van der Waals surface area contributed by atoms with Gasteiger partial charge >= 0.3 is 0 Å². The Morgan fingerprint density at radius 3 is 2.80 bits per heavy atom. The summed E-state index contributed by atoms with van der Waals surface area (Å²) >= 11 is 0. The summed E-state index contributed by atoms with van der Waals surface area (Å²) in [6.45, 7) is 5.23. The largest absolute Gasteiger partial charge is 0.384 e. The lowest BCUT2D eigenvalue weighted by atomic mass is 9.89. The molecular formula is C16H23N3O. The number of rotatable bonds is 3. The molecule has 1 aliphatic carbocycles. The molecule has 108 valence electrons. The van der Waals surface area contributed by atoms with E-state index in [9.17, 15) is 4.79 Å². The zero-order valence-electron chi connectivity index (χ0n) is 12.5. The summed E-state index contributed by atoms with van der Waals surface area (Å²) in [7, 11) is 1.95. The van der Waals surface area contributed by atoms with Crippen molar-refractivity contribution in [1.82, 2.24) is 10.4 Å². The second kappa shape index (κ2) is 5.09. The van der Waals surface area contributed by atoms with Gasteiger partial charge in [0.25, 0.3) is 5.91 Å². The number of nitrogens with one attached hydrogen (secondary N) is 2. The lowest BCUT2D eigenvalue weighted by Crippen LogP contribution is -2.41. The van der Waals surface area contributed by atoms with Gasteiger partial charge in [0.2, 0.25) is 0 Å². The Morgan fingerprint density at radius 1 is 1.35 bits per heavy atom. The topological polar surface area (TPSA) is 44.4 Å². The highest BCUT2D eigenvalue weighted by Crippen LogP contribution is 2.35. The number of carbonyl (C=O) groups excluding carboxylic acids is 1. The Bertz CT molecular complexity index is 537. The van der Waals surface area contributed by atoms with Crippen LogP contribution in [0, 0.1) is 6.92 Å². The predicted molar refractivity (Wildman–Crippen MR) is 81.0 cm³/mol. The van der Waals surface area contributed by atoms with E-state index in [4.69, 9.17) is 0 Å². The van der Waals surface area contributed by atoms with Crippen molar-refractivity contribution in [3.8, 4) is 0 Å². The first-order valence-corrected chi connectivity index (χ1v) is 7.48. The maximum Gasteiger partial charge on any atom is 0.267 e. The maximum atomic E-state index is 12.5. The minimum absolute atomic E-state index is 0.000880. The molecule has 3 rings (SSSR count). The van der Waals surface area contributed by atoms with Crippen LogP contribution < -0.4 is 10.7 Å². The van der Waals surface area contributed by atoms with Gasteiger partial charge in [0.15, 0.2) is 0 Å². The highest BCUT2D eigenvalue weighted by molar-refractivity contribution is 6.00. The minimum Gasteiger partial charge on any atom is -0.384 e. The molecule has 0 bridgehead atoms. The third-order valence-corrected chi connectivity index (χ3v) is 4.34. The highest BCUT2D eigenvalue weighted by Gasteiger charge is 2.29. The van der Waals surface area contributed by atoms with E-state index < -0.39 is 0 Å². The summed E-state index contributed by atoms with van der Waals surface area (Å²) in [4.78, 5) is 12.5. The van der Waals surface area contributed by atoms with Gasteiger partial charge in [-0.05, 0) is 49.3 Å². The lowest BCUT2D eigenvalue weighted by molar-refractivity contribution is 0.0819. The molecular weight excluding hydrogens is 250 g/mol. The maximum absolute atomic E-state index is 12.5. The van der Waals surface area contributed by atoms with Crippen LogP contribution in [0.25, 0.3) is 0 Å². The van der Waals surface area contributed by atoms with Crippen LogP contribution in [0.1, 0.15) is 53.6 Å². The van der Waals surface area contributed by atoms with Crippen LogP contribution >= 0.6 is 0 Å². The summed E-state index contributed by atoms with van der Waals surface area (Å²) in [5, 5.41) is 5.36. The molecule has 1 aromatic carbocycles. The molecule has 2 aliphatic rings. The van der Waals surface area contributed by atoms with Crippen molar-refractivity contribution < 1.29 is 4.79 Å². The Balaban J connectivity index is 1.89. The average molecular weight is 273 g/mol. The van der Waals surface area contributed by atoms with E-state index in [0.717, 1.165) is 29.8 Å². The number of fused-ring (bicyclic) bond motifs is 1. The van der Waals surface area contributed by atoms with Gasteiger partial charge in [-0.3, -0.25) is 10.2 Å². The molecule has 1 saturated carbocycles. The van der Waals surface area contributed by atoms with Gasteiger partial charge in [-0.25, -0.2) is 5.01 Å². The summed E-state index contributed by atoms with van der Waals surface area (Å²) in [6, 6.07) is 4.71. The van der Waals surface area contributed by atoms with Crippen LogP contribution in [0.2, 0.25) is 0 Å². The van der Waals surface area contributed by atoms with Crippen molar-refractivity contribution >= 4 is 11.6 Å². The summed E-state index contributed by atoms with van der Waals surface area (Å²) in [6.07, 6.45) is 3.48. The van der Waals surface area contributed by atoms with Gasteiger partial charge in [-0.15, -0.1) is 0 Å². The van der Waals surface area contributed by atoms with E-state index >= 15 is 0 Å². The molecule has 1 fully saturated rings. The van der Waals surface area contributed by atoms with Crippen LogP contribution in [0.4, 0.5) is 5.69 Å². The molecule has 1 unspecified atom stereocenters. The van der Waals surface area contributed by atoms with Gasteiger partial charge < -0.3 is 5.32 Å². The number of amides is 1. The number of hydrogen-bond acceptors (Lipinski definition) is 3. The number of hydrogen-bond donors (Lipinski definition) is 2. The van der Waals surface area contributed by atoms with Gasteiger partial charge in [0, 0.05) is 19.6 Å². The molecule has 1 amide bonds. The summed E-state index contributed by atoms with van der Waals surface area (Å²) in [5.41, 5.74) is 7.23. The van der Waals surface area contributed by atoms with E-state index in [2.05, 4.69) is 30.7 Å². The summed E-state index contributed by atoms with van der Waals surface area (Å²) in [5.74, 6) is 0.514. The Kier molecular flexibility index (Phi) is 3.42.